The maximum absolute atomic E-state index is 3.87. The summed E-state index contributed by atoms with van der Waals surface area (Å²) in [7, 11) is 0. The van der Waals surface area contributed by atoms with Gasteiger partial charge in [0.1, 0.15) is 0 Å². The quantitative estimate of drug-likeness (QED) is 0.559. The van der Waals surface area contributed by atoms with E-state index in [0.29, 0.717) is 0 Å². The van der Waals surface area contributed by atoms with Crippen LogP contribution in [0, 0.1) is 6.92 Å². The normalized spacial score (nSPS) is 12.1. The third kappa shape index (κ3) is 1.16. The molecule has 0 atom stereocenters. The van der Waals surface area contributed by atoms with Gasteiger partial charge in [-0.1, -0.05) is 49.1 Å². The fourth-order valence-corrected chi connectivity index (χ4v) is 2.60. The topological polar surface area (TPSA) is 0 Å². The Kier molecular flexibility index (Phi) is 1.97. The van der Waals surface area contributed by atoms with Crippen LogP contribution in [0.2, 0.25) is 0 Å². The van der Waals surface area contributed by atoms with E-state index in [4.69, 9.17) is 0 Å². The largest absolute Gasteiger partial charge is 0.0985 e. The summed E-state index contributed by atoms with van der Waals surface area (Å²) >= 11 is 0. The Hall–Kier alpha value is -1.82. The second kappa shape index (κ2) is 3.34. The average Bonchev–Trinajstić information content (AvgIpc) is 2.69. The Morgan fingerprint density at radius 3 is 2.69 bits per heavy atom. The first-order chi connectivity index (χ1) is 7.81. The molecule has 2 aromatic carbocycles. The van der Waals surface area contributed by atoms with Crippen LogP contribution in [-0.2, 0) is 6.42 Å². The van der Waals surface area contributed by atoms with Gasteiger partial charge in [0.2, 0.25) is 0 Å². The minimum atomic E-state index is 1.07. The lowest BCUT2D eigenvalue weighted by Gasteiger charge is -2.07. The number of fused-ring (bicyclic) bond motifs is 3. The number of rotatable bonds is 1. The second-order valence-corrected chi connectivity index (χ2v) is 4.34. The lowest BCUT2D eigenvalue weighted by atomic mass is 9.97. The van der Waals surface area contributed by atoms with Crippen molar-refractivity contribution >= 4 is 6.08 Å². The van der Waals surface area contributed by atoms with E-state index in [1.807, 2.05) is 6.08 Å². The summed E-state index contributed by atoms with van der Waals surface area (Å²) in [6, 6.07) is 13.1. The summed E-state index contributed by atoms with van der Waals surface area (Å²) < 4.78 is 0. The van der Waals surface area contributed by atoms with E-state index in [1.165, 1.54) is 33.4 Å². The van der Waals surface area contributed by atoms with Gasteiger partial charge in [0.05, 0.1) is 0 Å². The number of benzene rings is 2. The Morgan fingerprint density at radius 1 is 1.06 bits per heavy atom. The van der Waals surface area contributed by atoms with Gasteiger partial charge in [0.25, 0.3) is 0 Å². The van der Waals surface area contributed by atoms with Crippen LogP contribution in [0.15, 0.2) is 43.0 Å². The molecule has 0 aliphatic heterocycles. The smallest absolute Gasteiger partial charge is 0.00106 e. The van der Waals surface area contributed by atoms with Gasteiger partial charge < -0.3 is 0 Å². The molecule has 2 aromatic rings. The van der Waals surface area contributed by atoms with Crippen molar-refractivity contribution in [2.75, 3.05) is 0 Å². The van der Waals surface area contributed by atoms with E-state index >= 15 is 0 Å². The van der Waals surface area contributed by atoms with E-state index in [1.54, 1.807) is 0 Å². The molecule has 0 heteroatoms. The summed E-state index contributed by atoms with van der Waals surface area (Å²) in [6.07, 6.45) is 3.01. The van der Waals surface area contributed by atoms with Gasteiger partial charge in [-0.3, -0.25) is 0 Å². The number of hydrogen-bond acceptors (Lipinski definition) is 0. The highest BCUT2D eigenvalue weighted by Crippen LogP contribution is 2.38. The maximum atomic E-state index is 3.87. The van der Waals surface area contributed by atoms with Gasteiger partial charge in [-0.2, -0.15) is 0 Å². The lowest BCUT2D eigenvalue weighted by molar-refractivity contribution is 1.21. The zero-order valence-corrected chi connectivity index (χ0v) is 9.46. The molecule has 3 rings (SSSR count). The molecule has 0 radical (unpaired) electrons. The minimum absolute atomic E-state index is 1.07. The molecule has 0 saturated carbocycles. The molecule has 1 aliphatic carbocycles. The summed E-state index contributed by atoms with van der Waals surface area (Å²) in [5, 5.41) is 0. The zero-order valence-electron chi connectivity index (χ0n) is 9.46. The Labute approximate surface area is 96.3 Å². The van der Waals surface area contributed by atoms with Crippen LogP contribution in [0.1, 0.15) is 22.3 Å². The summed E-state index contributed by atoms with van der Waals surface area (Å²) in [5.74, 6) is 0. The highest BCUT2D eigenvalue weighted by Gasteiger charge is 2.19. The summed E-state index contributed by atoms with van der Waals surface area (Å²) in [6.45, 7) is 6.06. The van der Waals surface area contributed by atoms with Crippen molar-refractivity contribution < 1.29 is 0 Å². The first kappa shape index (κ1) is 9.41. The van der Waals surface area contributed by atoms with Crippen molar-refractivity contribution in [3.05, 3.63) is 65.2 Å². The minimum Gasteiger partial charge on any atom is -0.0985 e. The van der Waals surface area contributed by atoms with E-state index in [0.717, 1.165) is 6.42 Å². The van der Waals surface area contributed by atoms with E-state index in [2.05, 4.69) is 49.9 Å². The molecular weight excluding hydrogens is 192 g/mol. The van der Waals surface area contributed by atoms with Gasteiger partial charge in [-0.25, -0.2) is 0 Å². The Balaban J connectivity index is 2.28. The van der Waals surface area contributed by atoms with Crippen LogP contribution in [0.25, 0.3) is 17.2 Å². The third-order valence-electron chi connectivity index (χ3n) is 3.54. The van der Waals surface area contributed by atoms with E-state index < -0.39 is 0 Å². The van der Waals surface area contributed by atoms with Gasteiger partial charge in [-0.15, -0.1) is 0 Å². The van der Waals surface area contributed by atoms with Crippen LogP contribution in [0.5, 0.6) is 0 Å². The van der Waals surface area contributed by atoms with Crippen molar-refractivity contribution in [1.29, 1.82) is 0 Å². The standard InChI is InChI=1S/C16H14/c1-3-12-8-9-15-14-7-5-4-6-13(14)10-16(15)11(12)2/h3-9H,1,10H2,2H3. The first-order valence-electron chi connectivity index (χ1n) is 5.64. The van der Waals surface area contributed by atoms with Crippen LogP contribution < -0.4 is 0 Å². The van der Waals surface area contributed by atoms with Crippen LogP contribution in [0.3, 0.4) is 0 Å². The molecule has 0 aromatic heterocycles. The van der Waals surface area contributed by atoms with Crippen LogP contribution in [-0.4, -0.2) is 0 Å². The predicted molar refractivity (Wildman–Crippen MR) is 69.5 cm³/mol. The highest BCUT2D eigenvalue weighted by atomic mass is 14.2. The molecule has 0 amide bonds. The third-order valence-corrected chi connectivity index (χ3v) is 3.54. The van der Waals surface area contributed by atoms with E-state index in [-0.39, 0.29) is 0 Å². The molecule has 78 valence electrons. The van der Waals surface area contributed by atoms with Gasteiger partial charge in [-0.05, 0) is 46.7 Å². The molecule has 0 spiro atoms. The molecule has 16 heavy (non-hydrogen) atoms. The highest BCUT2D eigenvalue weighted by molar-refractivity contribution is 5.79. The Bertz CT molecular complexity index is 577. The lowest BCUT2D eigenvalue weighted by Crippen LogP contribution is -1.89. The molecule has 0 N–H and O–H groups in total. The molecule has 0 bridgehead atoms. The van der Waals surface area contributed by atoms with Crippen molar-refractivity contribution in [2.24, 2.45) is 0 Å². The molecule has 0 fully saturated rings. The Morgan fingerprint density at radius 2 is 1.88 bits per heavy atom. The van der Waals surface area contributed by atoms with Crippen LogP contribution >= 0.6 is 0 Å². The molecule has 0 saturated heterocycles. The summed E-state index contributed by atoms with van der Waals surface area (Å²) in [5.41, 5.74) is 8.35. The number of hydrogen-bond donors (Lipinski definition) is 0. The van der Waals surface area contributed by atoms with Crippen LogP contribution in [0.4, 0.5) is 0 Å². The average molecular weight is 206 g/mol. The summed E-state index contributed by atoms with van der Waals surface area (Å²) in [4.78, 5) is 0. The van der Waals surface area contributed by atoms with Crippen molar-refractivity contribution in [3.63, 3.8) is 0 Å². The fraction of sp³-hybridized carbons (Fsp3) is 0.125. The van der Waals surface area contributed by atoms with Gasteiger partial charge in [0.15, 0.2) is 0 Å². The van der Waals surface area contributed by atoms with E-state index in [9.17, 15) is 0 Å². The molecule has 1 aliphatic rings. The van der Waals surface area contributed by atoms with Crippen molar-refractivity contribution in [2.45, 2.75) is 13.3 Å². The monoisotopic (exact) mass is 206 g/mol. The maximum Gasteiger partial charge on any atom is -0.00106 e. The second-order valence-electron chi connectivity index (χ2n) is 4.34. The SMILES string of the molecule is C=Cc1ccc2c(c1C)Cc1ccccc1-2. The molecule has 0 unspecified atom stereocenters. The zero-order chi connectivity index (χ0) is 11.1. The van der Waals surface area contributed by atoms with Crippen molar-refractivity contribution in [1.82, 2.24) is 0 Å². The van der Waals surface area contributed by atoms with Crippen molar-refractivity contribution in [3.8, 4) is 11.1 Å². The molecular formula is C16H14. The van der Waals surface area contributed by atoms with Gasteiger partial charge in [0, 0.05) is 0 Å². The molecule has 0 nitrogen and oxygen atoms in total. The van der Waals surface area contributed by atoms with Gasteiger partial charge >= 0.3 is 0 Å². The first-order valence-corrected chi connectivity index (χ1v) is 5.64. The molecule has 0 heterocycles. The fourth-order valence-electron chi connectivity index (χ4n) is 2.60. The predicted octanol–water partition coefficient (Wildman–Crippen LogP) is 4.21.